The number of ketones is 1. The molecule has 0 spiro atoms. The maximum absolute atomic E-state index is 13.2. The summed E-state index contributed by atoms with van der Waals surface area (Å²) in [6.07, 6.45) is 2.55. The highest BCUT2D eigenvalue weighted by Gasteiger charge is 2.32. The van der Waals surface area contributed by atoms with Crippen molar-refractivity contribution in [3.05, 3.63) is 41.5 Å². The Morgan fingerprint density at radius 1 is 1.00 bits per heavy atom. The molecule has 2 aliphatic rings. The fraction of sp³-hybridized carbons (Fsp3) is 0.348. The van der Waals surface area contributed by atoms with Gasteiger partial charge in [0, 0.05) is 28.6 Å². The molecule has 150 valence electrons. The van der Waals surface area contributed by atoms with Crippen molar-refractivity contribution in [2.45, 2.75) is 12.8 Å². The van der Waals surface area contributed by atoms with Crippen LogP contribution in [0.25, 0.3) is 22.2 Å². The van der Waals surface area contributed by atoms with E-state index in [0.717, 1.165) is 47.5 Å². The largest absolute Gasteiger partial charge is 0.493 e. The number of hydrogen-bond donors (Lipinski definition) is 1. The predicted octanol–water partition coefficient (Wildman–Crippen LogP) is 3.87. The molecule has 2 aromatic carbocycles. The molecule has 1 fully saturated rings. The molecular formula is C23H24N2O4. The monoisotopic (exact) mass is 392 g/mol. The second-order valence-electron chi connectivity index (χ2n) is 7.56. The third-order valence-electron chi connectivity index (χ3n) is 5.91. The van der Waals surface area contributed by atoms with Gasteiger partial charge in [0.2, 0.25) is 0 Å². The van der Waals surface area contributed by atoms with Gasteiger partial charge in [-0.1, -0.05) is 0 Å². The SMILES string of the molecule is COc1cc2c(cc1OC)-c1[nH]c3ccc(OCCN4CCCC4)cc3c1C2=O. The summed E-state index contributed by atoms with van der Waals surface area (Å²) in [4.78, 5) is 19.0. The molecule has 0 amide bonds. The molecule has 0 unspecified atom stereocenters. The van der Waals surface area contributed by atoms with Crippen molar-refractivity contribution in [1.82, 2.24) is 9.88 Å². The van der Waals surface area contributed by atoms with E-state index in [-0.39, 0.29) is 5.78 Å². The molecule has 1 N–H and O–H groups in total. The zero-order valence-corrected chi connectivity index (χ0v) is 16.7. The van der Waals surface area contributed by atoms with Crippen molar-refractivity contribution in [1.29, 1.82) is 0 Å². The van der Waals surface area contributed by atoms with Crippen molar-refractivity contribution in [2.75, 3.05) is 40.5 Å². The molecular weight excluding hydrogens is 368 g/mol. The van der Waals surface area contributed by atoms with Gasteiger partial charge in [0.1, 0.15) is 12.4 Å². The number of fused-ring (bicyclic) bond motifs is 5. The van der Waals surface area contributed by atoms with Gasteiger partial charge in [-0.3, -0.25) is 9.69 Å². The fourth-order valence-electron chi connectivity index (χ4n) is 4.41. The van der Waals surface area contributed by atoms with Crippen LogP contribution in [-0.4, -0.2) is 56.1 Å². The first-order chi connectivity index (χ1) is 14.2. The lowest BCUT2D eigenvalue weighted by molar-refractivity contribution is 0.104. The maximum atomic E-state index is 13.2. The molecule has 3 aromatic rings. The van der Waals surface area contributed by atoms with Crippen LogP contribution in [0.5, 0.6) is 17.2 Å². The van der Waals surface area contributed by atoms with Crippen LogP contribution in [0.2, 0.25) is 0 Å². The molecule has 29 heavy (non-hydrogen) atoms. The van der Waals surface area contributed by atoms with Crippen LogP contribution in [0.15, 0.2) is 30.3 Å². The summed E-state index contributed by atoms with van der Waals surface area (Å²) in [7, 11) is 3.17. The van der Waals surface area contributed by atoms with Crippen molar-refractivity contribution in [2.24, 2.45) is 0 Å². The molecule has 2 heterocycles. The van der Waals surface area contributed by atoms with E-state index in [4.69, 9.17) is 14.2 Å². The molecule has 5 rings (SSSR count). The van der Waals surface area contributed by atoms with Crippen LogP contribution < -0.4 is 14.2 Å². The average Bonchev–Trinajstić information content (AvgIpc) is 3.44. The molecule has 6 heteroatoms. The minimum absolute atomic E-state index is 0.00332. The van der Waals surface area contributed by atoms with Crippen LogP contribution >= 0.6 is 0 Å². The molecule has 1 saturated heterocycles. The quantitative estimate of drug-likeness (QED) is 0.540. The molecule has 1 aliphatic heterocycles. The summed E-state index contributed by atoms with van der Waals surface area (Å²) >= 11 is 0. The van der Waals surface area contributed by atoms with Crippen molar-refractivity contribution < 1.29 is 19.0 Å². The van der Waals surface area contributed by atoms with Crippen molar-refractivity contribution >= 4 is 16.7 Å². The topological polar surface area (TPSA) is 63.8 Å². The van der Waals surface area contributed by atoms with Gasteiger partial charge in [-0.05, 0) is 56.3 Å². The fourth-order valence-corrected chi connectivity index (χ4v) is 4.41. The Bertz CT molecular complexity index is 1100. The van der Waals surface area contributed by atoms with Crippen LogP contribution in [0.4, 0.5) is 0 Å². The van der Waals surface area contributed by atoms with E-state index in [1.165, 1.54) is 12.8 Å². The van der Waals surface area contributed by atoms with E-state index in [1.807, 2.05) is 24.3 Å². The number of rotatable bonds is 6. The minimum atomic E-state index is -0.00332. The lowest BCUT2D eigenvalue weighted by Crippen LogP contribution is -2.25. The summed E-state index contributed by atoms with van der Waals surface area (Å²) in [6, 6.07) is 9.52. The summed E-state index contributed by atoms with van der Waals surface area (Å²) in [5.74, 6) is 1.95. The van der Waals surface area contributed by atoms with E-state index in [2.05, 4.69) is 9.88 Å². The highest BCUT2D eigenvalue weighted by Crippen LogP contribution is 2.45. The van der Waals surface area contributed by atoms with Crippen molar-refractivity contribution in [3.8, 4) is 28.5 Å². The van der Waals surface area contributed by atoms with Crippen LogP contribution in [0, 0.1) is 0 Å². The normalized spacial score (nSPS) is 15.6. The number of aromatic amines is 1. The molecule has 6 nitrogen and oxygen atoms in total. The average molecular weight is 392 g/mol. The van der Waals surface area contributed by atoms with Crippen LogP contribution in [-0.2, 0) is 0 Å². The van der Waals surface area contributed by atoms with Gasteiger partial charge in [0.05, 0.1) is 25.5 Å². The number of benzene rings is 2. The Hall–Kier alpha value is -2.99. The Balaban J connectivity index is 1.47. The highest BCUT2D eigenvalue weighted by atomic mass is 16.5. The summed E-state index contributed by atoms with van der Waals surface area (Å²) in [6.45, 7) is 3.91. The van der Waals surface area contributed by atoms with Gasteiger partial charge in [0.25, 0.3) is 0 Å². The third-order valence-corrected chi connectivity index (χ3v) is 5.91. The number of carbonyl (C=O) groups excluding carboxylic acids is 1. The number of hydrogen-bond acceptors (Lipinski definition) is 5. The lowest BCUT2D eigenvalue weighted by atomic mass is 10.1. The zero-order valence-electron chi connectivity index (χ0n) is 16.7. The number of nitrogens with one attached hydrogen (secondary N) is 1. The van der Waals surface area contributed by atoms with Gasteiger partial charge in [-0.15, -0.1) is 0 Å². The van der Waals surface area contributed by atoms with Gasteiger partial charge in [-0.2, -0.15) is 0 Å². The molecule has 1 aromatic heterocycles. The lowest BCUT2D eigenvalue weighted by Gasteiger charge is -2.15. The molecule has 1 aliphatic carbocycles. The maximum Gasteiger partial charge on any atom is 0.196 e. The first-order valence-electron chi connectivity index (χ1n) is 10.0. The van der Waals surface area contributed by atoms with Gasteiger partial charge in [0.15, 0.2) is 17.3 Å². The number of methoxy groups -OCH3 is 2. The predicted molar refractivity (Wildman–Crippen MR) is 111 cm³/mol. The molecule has 0 bridgehead atoms. The Kier molecular flexibility index (Phi) is 4.43. The van der Waals surface area contributed by atoms with Gasteiger partial charge >= 0.3 is 0 Å². The first-order valence-corrected chi connectivity index (χ1v) is 10.0. The number of ether oxygens (including phenoxy) is 3. The third kappa shape index (κ3) is 2.95. The highest BCUT2D eigenvalue weighted by molar-refractivity contribution is 6.27. The summed E-state index contributed by atoms with van der Waals surface area (Å²) < 4.78 is 16.8. The van der Waals surface area contributed by atoms with E-state index in [9.17, 15) is 4.79 Å². The summed E-state index contributed by atoms with van der Waals surface area (Å²) in [5, 5.41) is 0.887. The second kappa shape index (κ2) is 7.12. The van der Waals surface area contributed by atoms with Gasteiger partial charge in [-0.25, -0.2) is 0 Å². The van der Waals surface area contributed by atoms with Crippen LogP contribution in [0.1, 0.15) is 28.8 Å². The second-order valence-corrected chi connectivity index (χ2v) is 7.56. The van der Waals surface area contributed by atoms with E-state index < -0.39 is 0 Å². The Labute approximate surface area is 169 Å². The standard InChI is InChI=1S/C23H24N2O4/c1-27-19-12-15-16(13-20(19)28-2)23(26)21-17-11-14(5-6-18(17)24-22(15)21)29-10-9-25-7-3-4-8-25/h5-6,11-13,24H,3-4,7-10H2,1-2H3. The number of H-pyrrole nitrogens is 1. The minimum Gasteiger partial charge on any atom is -0.493 e. The molecule has 0 saturated carbocycles. The van der Waals surface area contributed by atoms with E-state index >= 15 is 0 Å². The van der Waals surface area contributed by atoms with E-state index in [0.29, 0.717) is 29.2 Å². The number of aromatic nitrogens is 1. The van der Waals surface area contributed by atoms with E-state index in [1.54, 1.807) is 20.3 Å². The smallest absolute Gasteiger partial charge is 0.196 e. The Morgan fingerprint density at radius 3 is 2.45 bits per heavy atom. The van der Waals surface area contributed by atoms with Gasteiger partial charge < -0.3 is 19.2 Å². The zero-order chi connectivity index (χ0) is 20.0. The molecule has 0 atom stereocenters. The van der Waals surface area contributed by atoms with Crippen LogP contribution in [0.3, 0.4) is 0 Å². The van der Waals surface area contributed by atoms with Crippen molar-refractivity contribution in [3.63, 3.8) is 0 Å². The molecule has 0 radical (unpaired) electrons. The number of nitrogens with zero attached hydrogens (tertiary/aromatic N) is 1. The Morgan fingerprint density at radius 2 is 1.72 bits per heavy atom. The number of likely N-dealkylation sites (tertiary alicyclic amines) is 1. The summed E-state index contributed by atoms with van der Waals surface area (Å²) in [5.41, 5.74) is 3.92. The number of carbonyl (C=O) groups is 1. The first kappa shape index (κ1) is 18.1.